The first-order chi connectivity index (χ1) is 15.7. The van der Waals surface area contributed by atoms with Crippen molar-refractivity contribution in [2.75, 3.05) is 23.0 Å². The number of hydrogen-bond acceptors (Lipinski definition) is 10. The molecule has 0 unspecified atom stereocenters. The molecular weight excluding hydrogens is 431 g/mol. The summed E-state index contributed by atoms with van der Waals surface area (Å²) in [7, 11) is 0. The number of aryl methyl sites for hydroxylation is 1. The first-order valence-electron chi connectivity index (χ1n) is 10.4. The number of rotatable bonds is 6. The molecule has 0 atom stereocenters. The number of anilines is 2. The fraction of sp³-hybridized carbons (Fsp3) is 0.333. The van der Waals surface area contributed by atoms with Crippen LogP contribution in [0.15, 0.2) is 41.8 Å². The molecule has 11 heteroatoms. The monoisotopic (exact) mass is 454 g/mol. The van der Waals surface area contributed by atoms with Crippen LogP contribution >= 0.6 is 11.3 Å². The van der Waals surface area contributed by atoms with E-state index in [1.807, 2.05) is 31.2 Å². The van der Waals surface area contributed by atoms with Gasteiger partial charge in [-0.2, -0.15) is 5.10 Å². The van der Waals surface area contributed by atoms with Gasteiger partial charge in [-0.1, -0.05) is 0 Å². The van der Waals surface area contributed by atoms with E-state index in [0.717, 1.165) is 52.9 Å². The van der Waals surface area contributed by atoms with Crippen LogP contribution < -0.4 is 25.7 Å². The van der Waals surface area contributed by atoms with Crippen molar-refractivity contribution in [3.05, 3.63) is 58.1 Å². The van der Waals surface area contributed by atoms with Gasteiger partial charge in [0.1, 0.15) is 18.7 Å². The molecular formula is C21H23FN8OS. The number of piperidine rings is 1. The Morgan fingerprint density at radius 3 is 2.59 bits per heavy atom. The molecule has 1 saturated heterocycles. The van der Waals surface area contributed by atoms with Crippen LogP contribution in [-0.2, 0) is 6.61 Å². The van der Waals surface area contributed by atoms with Crippen molar-refractivity contribution in [2.45, 2.75) is 32.3 Å². The van der Waals surface area contributed by atoms with E-state index in [4.69, 9.17) is 9.72 Å². The van der Waals surface area contributed by atoms with Crippen molar-refractivity contribution in [3.8, 4) is 5.75 Å². The summed E-state index contributed by atoms with van der Waals surface area (Å²) < 4.78 is 19.1. The smallest absolute Gasteiger partial charge is 0.225 e. The molecule has 2 aromatic heterocycles. The second-order valence-corrected chi connectivity index (χ2v) is 8.76. The zero-order valence-electron chi connectivity index (χ0n) is 17.5. The summed E-state index contributed by atoms with van der Waals surface area (Å²) >= 11 is 1.73. The van der Waals surface area contributed by atoms with Crippen molar-refractivity contribution >= 4 is 29.3 Å². The Kier molecular flexibility index (Phi) is 5.82. The Bertz CT molecular complexity index is 1080. The van der Waals surface area contributed by atoms with Crippen LogP contribution in [0.5, 0.6) is 5.75 Å². The Labute approximate surface area is 188 Å². The van der Waals surface area contributed by atoms with Crippen molar-refractivity contribution in [2.24, 2.45) is 5.10 Å². The van der Waals surface area contributed by atoms with E-state index < -0.39 is 5.82 Å². The molecule has 3 aromatic rings. The van der Waals surface area contributed by atoms with Gasteiger partial charge >= 0.3 is 0 Å². The molecule has 0 amide bonds. The highest BCUT2D eigenvalue weighted by Crippen LogP contribution is 2.34. The molecule has 0 saturated carbocycles. The van der Waals surface area contributed by atoms with Gasteiger partial charge in [0.2, 0.25) is 5.95 Å². The van der Waals surface area contributed by atoms with E-state index in [1.54, 1.807) is 22.7 Å². The lowest BCUT2D eigenvalue weighted by molar-refractivity contribution is 0.309. The maximum absolute atomic E-state index is 13.1. The highest BCUT2D eigenvalue weighted by atomic mass is 32.1. The van der Waals surface area contributed by atoms with Crippen LogP contribution in [0.3, 0.4) is 0 Å². The summed E-state index contributed by atoms with van der Waals surface area (Å²) in [6.45, 7) is 4.20. The number of halogens is 1. The lowest BCUT2D eigenvalue weighted by Gasteiger charge is -2.30. The Morgan fingerprint density at radius 2 is 1.91 bits per heavy atom. The first-order valence-corrected chi connectivity index (χ1v) is 11.2. The maximum atomic E-state index is 13.1. The van der Waals surface area contributed by atoms with Crippen LogP contribution in [-0.4, -0.2) is 34.4 Å². The van der Waals surface area contributed by atoms with Gasteiger partial charge in [0.15, 0.2) is 5.82 Å². The molecule has 2 aliphatic heterocycles. The number of hydrazine groups is 2. The van der Waals surface area contributed by atoms with Crippen molar-refractivity contribution in [3.63, 3.8) is 0 Å². The molecule has 166 valence electrons. The van der Waals surface area contributed by atoms with Crippen LogP contribution in [0.2, 0.25) is 0 Å². The summed E-state index contributed by atoms with van der Waals surface area (Å²) in [5.41, 5.74) is 7.54. The van der Waals surface area contributed by atoms with E-state index in [9.17, 15) is 4.39 Å². The second kappa shape index (κ2) is 9.05. The number of hydrazone groups is 1. The SMILES string of the molecule is Cc1nc(C2CCN(c3ncc(F)cn3)CC2)sc1COc1ccc(N2C=NNN2)cc1. The summed E-state index contributed by atoms with van der Waals surface area (Å²) in [5, 5.41) is 6.82. The molecule has 0 bridgehead atoms. The minimum atomic E-state index is -0.414. The van der Waals surface area contributed by atoms with Crippen molar-refractivity contribution in [1.29, 1.82) is 0 Å². The summed E-state index contributed by atoms with van der Waals surface area (Å²) in [5.74, 6) is 1.39. The van der Waals surface area contributed by atoms with Gasteiger partial charge in [0.25, 0.3) is 0 Å². The zero-order chi connectivity index (χ0) is 21.9. The molecule has 4 heterocycles. The predicted octanol–water partition coefficient (Wildman–Crippen LogP) is 3.12. The Hall–Kier alpha value is -3.31. The number of aromatic nitrogens is 3. The fourth-order valence-corrected chi connectivity index (χ4v) is 4.88. The van der Waals surface area contributed by atoms with Crippen LogP contribution in [0, 0.1) is 12.7 Å². The molecule has 5 rings (SSSR count). The van der Waals surface area contributed by atoms with Gasteiger partial charge in [-0.25, -0.2) is 29.9 Å². The van der Waals surface area contributed by atoms with Crippen molar-refractivity contribution in [1.82, 2.24) is 26.0 Å². The third kappa shape index (κ3) is 4.48. The highest BCUT2D eigenvalue weighted by molar-refractivity contribution is 7.11. The molecule has 1 aromatic carbocycles. The van der Waals surface area contributed by atoms with Gasteiger partial charge in [0.05, 0.1) is 33.7 Å². The number of nitrogens with one attached hydrogen (secondary N) is 2. The average Bonchev–Trinajstić information content (AvgIpc) is 3.49. The van der Waals surface area contributed by atoms with Crippen LogP contribution in [0.1, 0.15) is 34.3 Å². The molecule has 1 fully saturated rings. The van der Waals surface area contributed by atoms with E-state index in [1.165, 1.54) is 12.4 Å². The molecule has 2 N–H and O–H groups in total. The summed E-state index contributed by atoms with van der Waals surface area (Å²) in [4.78, 5) is 16.3. The lowest BCUT2D eigenvalue weighted by Crippen LogP contribution is -2.37. The minimum Gasteiger partial charge on any atom is -0.488 e. The van der Waals surface area contributed by atoms with Gasteiger partial charge in [0, 0.05) is 19.0 Å². The molecule has 0 spiro atoms. The topological polar surface area (TPSA) is 90.8 Å². The Morgan fingerprint density at radius 1 is 1.16 bits per heavy atom. The van der Waals surface area contributed by atoms with E-state index >= 15 is 0 Å². The number of benzene rings is 1. The maximum Gasteiger partial charge on any atom is 0.225 e. The van der Waals surface area contributed by atoms with E-state index in [0.29, 0.717) is 18.5 Å². The fourth-order valence-electron chi connectivity index (χ4n) is 3.74. The standard InChI is InChI=1S/C21H23FN8OS/c1-14-19(12-31-18-4-2-17(3-5-18)30-13-25-27-28-30)32-20(26-14)15-6-8-29(9-7-15)21-23-10-16(22)11-24-21/h2-5,10-11,13,15,27-28H,6-9,12H2,1H3. The molecule has 32 heavy (non-hydrogen) atoms. The molecule has 9 nitrogen and oxygen atoms in total. The highest BCUT2D eigenvalue weighted by Gasteiger charge is 2.25. The van der Waals surface area contributed by atoms with E-state index in [-0.39, 0.29) is 0 Å². The quantitative estimate of drug-likeness (QED) is 0.587. The average molecular weight is 455 g/mol. The predicted molar refractivity (Wildman–Crippen MR) is 121 cm³/mol. The minimum absolute atomic E-state index is 0.409. The van der Waals surface area contributed by atoms with Gasteiger partial charge in [-0.3, -0.25) is 0 Å². The third-order valence-electron chi connectivity index (χ3n) is 5.54. The van der Waals surface area contributed by atoms with Crippen LogP contribution in [0.4, 0.5) is 16.0 Å². The number of ether oxygens (including phenoxy) is 1. The van der Waals surface area contributed by atoms with Gasteiger partial charge in [-0.15, -0.1) is 16.9 Å². The molecule has 0 aliphatic carbocycles. The zero-order valence-corrected chi connectivity index (χ0v) is 18.3. The normalized spacial score (nSPS) is 16.4. The van der Waals surface area contributed by atoms with Gasteiger partial charge < -0.3 is 9.64 Å². The molecule has 2 aliphatic rings. The second-order valence-electron chi connectivity index (χ2n) is 7.64. The summed E-state index contributed by atoms with van der Waals surface area (Å²) in [6, 6.07) is 7.80. The molecule has 0 radical (unpaired) electrons. The van der Waals surface area contributed by atoms with Crippen LogP contribution in [0.25, 0.3) is 0 Å². The lowest BCUT2D eigenvalue weighted by atomic mass is 9.98. The largest absolute Gasteiger partial charge is 0.488 e. The summed E-state index contributed by atoms with van der Waals surface area (Å²) in [6.07, 6.45) is 6.03. The van der Waals surface area contributed by atoms with Gasteiger partial charge in [-0.05, 0) is 44.0 Å². The Balaban J connectivity index is 1.16. The first kappa shape index (κ1) is 20.6. The number of thiazole rings is 1. The van der Waals surface area contributed by atoms with Crippen molar-refractivity contribution < 1.29 is 9.13 Å². The van der Waals surface area contributed by atoms with E-state index in [2.05, 4.69) is 31.0 Å². The third-order valence-corrected chi connectivity index (χ3v) is 6.83. The number of hydrogen-bond donors (Lipinski definition) is 2. The number of nitrogens with zero attached hydrogens (tertiary/aromatic N) is 6.